The van der Waals surface area contributed by atoms with Crippen LogP contribution in [0.3, 0.4) is 0 Å². The van der Waals surface area contributed by atoms with Gasteiger partial charge in [-0.05, 0) is 6.99 Å². The average Bonchev–Trinajstić information content (AvgIpc) is 1.64. The van der Waals surface area contributed by atoms with Gasteiger partial charge in [0, 0.05) is 30.3 Å². The van der Waals surface area contributed by atoms with Crippen LogP contribution in [0, 0.1) is 0 Å². The first-order chi connectivity index (χ1) is 4.09. The number of halogens is 1. The molecule has 0 spiro atoms. The fourth-order valence-electron chi connectivity index (χ4n) is 0.128. The van der Waals surface area contributed by atoms with Crippen molar-refractivity contribution in [2.24, 2.45) is 0 Å². The molecule has 0 aliphatic carbocycles. The Kier molecular flexibility index (Phi) is 8.13. The normalized spacial score (nSPS) is 18.5. The topological polar surface area (TPSA) is 12.0 Å². The minimum atomic E-state index is -0.208. The summed E-state index contributed by atoms with van der Waals surface area (Å²) in [5.41, 5.74) is 0. The zero-order valence-electron chi connectivity index (χ0n) is 4.95. The lowest BCUT2D eigenvalue weighted by Gasteiger charge is -2.15. The smallest absolute Gasteiger partial charge is 0.140 e. The van der Waals surface area contributed by atoms with E-state index >= 15 is 0 Å². The highest BCUT2D eigenvalue weighted by Crippen LogP contribution is 2.86. The van der Waals surface area contributed by atoms with E-state index in [9.17, 15) is 0 Å². The molecule has 0 aliphatic heterocycles. The summed E-state index contributed by atoms with van der Waals surface area (Å²) in [6.07, 6.45) is 0. The molecule has 0 heterocycles. The summed E-state index contributed by atoms with van der Waals surface area (Å²) in [6.45, 7) is -0.0829. The van der Waals surface area contributed by atoms with Gasteiger partial charge in [-0.25, -0.2) is 3.29 Å². The largest absolute Gasteiger partial charge is 0.230 e. The van der Waals surface area contributed by atoms with Crippen molar-refractivity contribution in [2.75, 3.05) is 0 Å². The van der Waals surface area contributed by atoms with Gasteiger partial charge in [-0.3, -0.25) is 0 Å². The van der Waals surface area contributed by atoms with E-state index in [2.05, 4.69) is 26.8 Å². The molecule has 0 amide bonds. The minimum Gasteiger partial charge on any atom is -0.230 e. The standard InChI is InChI=1S/H8INP6/c1-2-7(6-3)8(4)5/h2,6H,3-5H2/i/hT. The molecule has 0 aromatic heterocycles. The summed E-state index contributed by atoms with van der Waals surface area (Å²) in [5, 5.41) is 0. The van der Waals surface area contributed by atoms with Gasteiger partial charge in [-0.1, -0.05) is 7.96 Å². The van der Waals surface area contributed by atoms with Gasteiger partial charge < -0.3 is 0 Å². The first kappa shape index (κ1) is 9.36. The Hall–Kier alpha value is 3.27. The second-order valence-corrected chi connectivity index (χ2v) is 19.7. The summed E-state index contributed by atoms with van der Waals surface area (Å²) in [5.74, 6) is 0. The average molecular weight is 337 g/mol. The van der Waals surface area contributed by atoms with Crippen LogP contribution in [0.5, 0.6) is 0 Å². The Balaban J connectivity index is 3.68. The molecule has 0 bridgehead atoms. The van der Waals surface area contributed by atoms with Crippen molar-refractivity contribution >= 4 is 72.0 Å². The first-order valence-electron chi connectivity index (χ1n) is 2.04. The molecule has 0 saturated carbocycles. The van der Waals surface area contributed by atoms with E-state index in [0.717, 1.165) is 7.96 Å². The molecule has 0 aromatic carbocycles. The van der Waals surface area contributed by atoms with E-state index in [1.165, 1.54) is 0 Å². The number of hydrogen-bond donors (Lipinski definition) is 1. The quantitative estimate of drug-likeness (QED) is 0.471. The lowest BCUT2D eigenvalue weighted by Crippen LogP contribution is -1.72. The Bertz CT molecular complexity index is 67.5. The highest BCUT2D eigenvalue weighted by molar-refractivity contribution is 14.1. The van der Waals surface area contributed by atoms with Crippen LogP contribution < -0.4 is 3.29 Å². The van der Waals surface area contributed by atoms with Crippen LogP contribution in [0.1, 0.15) is 0 Å². The minimum absolute atomic E-state index is 0.0829. The molecule has 8 heteroatoms. The molecule has 0 aromatic rings. The second kappa shape index (κ2) is 6.95. The van der Waals surface area contributed by atoms with Crippen LogP contribution in [-0.2, 0) is 0 Å². The maximum atomic E-state index is 7.30. The molecule has 1 nitrogen and oxygen atoms in total. The lowest BCUT2D eigenvalue weighted by molar-refractivity contribution is 1.87. The Morgan fingerprint density at radius 3 is 2.25 bits per heavy atom. The Morgan fingerprint density at radius 1 is 1.75 bits per heavy atom. The van der Waals surface area contributed by atoms with Crippen LogP contribution in [0.4, 0.5) is 0 Å². The van der Waals surface area contributed by atoms with Crippen molar-refractivity contribution in [1.29, 1.82) is 0 Å². The van der Waals surface area contributed by atoms with Crippen molar-refractivity contribution < 1.29 is 1.41 Å². The summed E-state index contributed by atoms with van der Waals surface area (Å²) in [6, 6.07) is 0. The van der Waals surface area contributed by atoms with Gasteiger partial charge in [-0.2, -0.15) is 0 Å². The molecule has 0 fully saturated rings. The second-order valence-electron chi connectivity index (χ2n) is 0.874. The van der Waals surface area contributed by atoms with Gasteiger partial charge in [0.1, 0.15) is 1.41 Å². The van der Waals surface area contributed by atoms with Crippen molar-refractivity contribution in [3.63, 3.8) is 0 Å². The van der Waals surface area contributed by atoms with Gasteiger partial charge in [0.2, 0.25) is 0 Å². The van der Waals surface area contributed by atoms with Crippen LogP contribution >= 0.6 is 72.0 Å². The third-order valence-electron chi connectivity index (χ3n) is 0.406. The first-order valence-corrected chi connectivity index (χ1v) is 12.8. The molecule has 0 rings (SSSR count). The Labute approximate surface area is 76.4 Å². The lowest BCUT2D eigenvalue weighted by atomic mass is 13.9. The molecule has 5 unspecified atom stereocenters. The summed E-state index contributed by atoms with van der Waals surface area (Å²) >= 11 is 2.03. The predicted molar refractivity (Wildman–Crippen MR) is 68.4 cm³/mol. The van der Waals surface area contributed by atoms with Gasteiger partial charge in [0.05, 0.1) is 0 Å². The van der Waals surface area contributed by atoms with Crippen LogP contribution in [0.2, 0.25) is 1.41 Å². The van der Waals surface area contributed by atoms with E-state index in [1.807, 2.05) is 22.9 Å². The fourth-order valence-corrected chi connectivity index (χ4v) is 27.2. The monoisotopic (exact) mass is 337 g/mol. The van der Waals surface area contributed by atoms with Crippen molar-refractivity contribution in [3.05, 3.63) is 0 Å². The van der Waals surface area contributed by atoms with E-state index in [4.69, 9.17) is 1.41 Å². The number of hydrogen-bond acceptors (Lipinski definition) is 1. The number of nitrogens with one attached hydrogen (secondary N) is 1. The molecular weight excluding hydrogens is 327 g/mol. The van der Waals surface area contributed by atoms with Crippen molar-refractivity contribution in [1.82, 2.24) is 3.29 Å². The third kappa shape index (κ3) is 4.99. The third-order valence-corrected chi connectivity index (χ3v) is 22.7. The maximum Gasteiger partial charge on any atom is 0.140 e. The fraction of sp³-hybridized carbons (Fsp3) is 0. The van der Waals surface area contributed by atoms with Crippen LogP contribution in [0.25, 0.3) is 0 Å². The van der Waals surface area contributed by atoms with Crippen LogP contribution in [-0.4, -0.2) is 0 Å². The molecule has 0 saturated heterocycles. The van der Waals surface area contributed by atoms with E-state index in [-0.39, 0.29) is 14.4 Å². The summed E-state index contributed by atoms with van der Waals surface area (Å²) < 4.78 is 8.86. The molecule has 0 aliphatic rings. The van der Waals surface area contributed by atoms with Gasteiger partial charge in [0.25, 0.3) is 0 Å². The Morgan fingerprint density at radius 2 is 2.25 bits per heavy atom. The highest BCUT2D eigenvalue weighted by Gasteiger charge is 2.06. The molecule has 50 valence electrons. The molecule has 8 heavy (non-hydrogen) atoms. The van der Waals surface area contributed by atoms with Gasteiger partial charge in [-0.15, -0.1) is 26.8 Å². The number of rotatable bonds is 3. The highest BCUT2D eigenvalue weighted by atomic mass is 127. The SMILES string of the molecule is [3H]N(I)P(PP)P(P)P. The van der Waals surface area contributed by atoms with Gasteiger partial charge in [0.15, 0.2) is 0 Å². The molecule has 5 atom stereocenters. The van der Waals surface area contributed by atoms with E-state index < -0.39 is 0 Å². The van der Waals surface area contributed by atoms with Crippen molar-refractivity contribution in [3.8, 4) is 0 Å². The maximum absolute atomic E-state index is 7.30. The summed E-state index contributed by atoms with van der Waals surface area (Å²) in [4.78, 5) is 0. The van der Waals surface area contributed by atoms with E-state index in [1.54, 1.807) is 3.29 Å². The molecular formula is H8INP6. The van der Waals surface area contributed by atoms with Gasteiger partial charge >= 0.3 is 0 Å². The predicted octanol–water partition coefficient (Wildman–Crippen LogP) is 3.68. The van der Waals surface area contributed by atoms with Crippen LogP contribution in [0.15, 0.2) is 0 Å². The molecule has 0 radical (unpaired) electrons. The van der Waals surface area contributed by atoms with E-state index in [0.29, 0.717) is 0 Å². The zero-order chi connectivity index (χ0) is 7.44. The van der Waals surface area contributed by atoms with Crippen molar-refractivity contribution in [2.45, 2.75) is 0 Å². The summed E-state index contributed by atoms with van der Waals surface area (Å²) in [7, 11) is 8.85. The molecule has 1 N–H and O–H groups in total. The zero-order valence-corrected chi connectivity index (χ0v) is 12.4.